The number of amides is 2. The fraction of sp³-hybridized carbons (Fsp3) is 0.259. The molecule has 3 aromatic carbocycles. The van der Waals surface area contributed by atoms with Gasteiger partial charge in [-0.25, -0.2) is 0 Å². The SMILES string of the molecule is COc1ccc(SC(C)C(=O)Nc2cccc(NC(=O)c3ccc(C(C)(C)C)cc3)c2)cc1. The van der Waals surface area contributed by atoms with Crippen molar-refractivity contribution in [3.8, 4) is 5.75 Å². The first-order chi connectivity index (χ1) is 15.7. The molecule has 0 saturated carbocycles. The minimum Gasteiger partial charge on any atom is -0.497 e. The first kappa shape index (κ1) is 24.4. The number of nitrogens with one attached hydrogen (secondary N) is 2. The van der Waals surface area contributed by atoms with Gasteiger partial charge in [-0.3, -0.25) is 9.59 Å². The van der Waals surface area contributed by atoms with Crippen LogP contribution in [0.15, 0.2) is 77.7 Å². The van der Waals surface area contributed by atoms with Crippen LogP contribution in [0, 0.1) is 0 Å². The summed E-state index contributed by atoms with van der Waals surface area (Å²) in [7, 11) is 1.62. The summed E-state index contributed by atoms with van der Waals surface area (Å²) in [6, 6.07) is 22.4. The van der Waals surface area contributed by atoms with Crippen molar-refractivity contribution in [1.82, 2.24) is 0 Å². The van der Waals surface area contributed by atoms with E-state index in [-0.39, 0.29) is 22.5 Å². The molecule has 5 nitrogen and oxygen atoms in total. The Kier molecular flexibility index (Phi) is 7.82. The molecule has 0 fully saturated rings. The Morgan fingerprint density at radius 2 is 1.48 bits per heavy atom. The number of rotatable bonds is 7. The van der Waals surface area contributed by atoms with Crippen LogP contribution in [0.25, 0.3) is 0 Å². The van der Waals surface area contributed by atoms with Crippen molar-refractivity contribution in [2.24, 2.45) is 0 Å². The van der Waals surface area contributed by atoms with E-state index in [9.17, 15) is 9.59 Å². The number of ether oxygens (including phenoxy) is 1. The Hall–Kier alpha value is -3.25. The van der Waals surface area contributed by atoms with Gasteiger partial charge in [-0.15, -0.1) is 11.8 Å². The number of carbonyl (C=O) groups is 2. The summed E-state index contributed by atoms with van der Waals surface area (Å²) in [6.07, 6.45) is 0. The first-order valence-electron chi connectivity index (χ1n) is 10.8. The van der Waals surface area contributed by atoms with Gasteiger partial charge in [0.1, 0.15) is 5.75 Å². The Morgan fingerprint density at radius 1 is 0.879 bits per heavy atom. The van der Waals surface area contributed by atoms with Gasteiger partial charge < -0.3 is 15.4 Å². The van der Waals surface area contributed by atoms with Gasteiger partial charge in [0, 0.05) is 21.8 Å². The summed E-state index contributed by atoms with van der Waals surface area (Å²) < 4.78 is 5.17. The smallest absolute Gasteiger partial charge is 0.255 e. The minimum absolute atomic E-state index is 0.0321. The van der Waals surface area contributed by atoms with Gasteiger partial charge >= 0.3 is 0 Å². The molecule has 1 atom stereocenters. The van der Waals surface area contributed by atoms with Crippen LogP contribution in [0.4, 0.5) is 11.4 Å². The lowest BCUT2D eigenvalue weighted by Crippen LogP contribution is -2.22. The molecule has 3 aromatic rings. The van der Waals surface area contributed by atoms with E-state index in [2.05, 4.69) is 31.4 Å². The second-order valence-corrected chi connectivity index (χ2v) is 10.2. The van der Waals surface area contributed by atoms with Gasteiger partial charge in [-0.2, -0.15) is 0 Å². The van der Waals surface area contributed by atoms with Crippen molar-refractivity contribution >= 4 is 35.0 Å². The molecule has 0 radical (unpaired) electrons. The molecule has 2 amide bonds. The highest BCUT2D eigenvalue weighted by Gasteiger charge is 2.16. The van der Waals surface area contributed by atoms with Crippen LogP contribution in [0.5, 0.6) is 5.75 Å². The molecule has 172 valence electrons. The summed E-state index contributed by atoms with van der Waals surface area (Å²) in [5.41, 5.74) is 3.04. The standard InChI is InChI=1S/C27H30N2O3S/c1-18(33-24-15-13-23(32-5)14-16-24)25(30)28-21-7-6-8-22(17-21)29-26(31)19-9-11-20(12-10-19)27(2,3)4/h6-18H,1-5H3,(H,28,30)(H,29,31). The third kappa shape index (κ3) is 6.86. The first-order valence-corrected chi connectivity index (χ1v) is 11.7. The molecular weight excluding hydrogens is 432 g/mol. The van der Waals surface area contributed by atoms with Gasteiger partial charge in [-0.1, -0.05) is 39.0 Å². The number of anilines is 2. The van der Waals surface area contributed by atoms with Crippen LogP contribution in [0.2, 0.25) is 0 Å². The number of methoxy groups -OCH3 is 1. The molecule has 2 N–H and O–H groups in total. The lowest BCUT2D eigenvalue weighted by Gasteiger charge is -2.19. The largest absolute Gasteiger partial charge is 0.497 e. The number of benzene rings is 3. The highest BCUT2D eigenvalue weighted by molar-refractivity contribution is 8.00. The molecule has 6 heteroatoms. The summed E-state index contributed by atoms with van der Waals surface area (Å²) in [5.74, 6) is 0.472. The van der Waals surface area contributed by atoms with Crippen molar-refractivity contribution in [3.05, 3.63) is 83.9 Å². The summed E-state index contributed by atoms with van der Waals surface area (Å²) in [5, 5.41) is 5.54. The van der Waals surface area contributed by atoms with Crippen molar-refractivity contribution in [1.29, 1.82) is 0 Å². The quantitative estimate of drug-likeness (QED) is 0.401. The van der Waals surface area contributed by atoms with Crippen molar-refractivity contribution < 1.29 is 14.3 Å². The topological polar surface area (TPSA) is 67.4 Å². The second kappa shape index (κ2) is 10.6. The average molecular weight is 463 g/mol. The second-order valence-electron chi connectivity index (χ2n) is 8.79. The monoisotopic (exact) mass is 462 g/mol. The van der Waals surface area contributed by atoms with Gasteiger partial charge in [0.05, 0.1) is 12.4 Å². The molecule has 0 aliphatic heterocycles. The predicted octanol–water partition coefficient (Wildman–Crippen LogP) is 6.36. The highest BCUT2D eigenvalue weighted by atomic mass is 32.2. The third-order valence-electron chi connectivity index (χ3n) is 5.14. The van der Waals surface area contributed by atoms with Crippen LogP contribution in [-0.4, -0.2) is 24.2 Å². The van der Waals surface area contributed by atoms with E-state index >= 15 is 0 Å². The molecule has 0 spiro atoms. The summed E-state index contributed by atoms with van der Waals surface area (Å²) in [6.45, 7) is 8.27. The zero-order valence-corrected chi connectivity index (χ0v) is 20.5. The molecule has 0 saturated heterocycles. The lowest BCUT2D eigenvalue weighted by atomic mass is 9.87. The fourth-order valence-corrected chi connectivity index (χ4v) is 4.02. The van der Waals surface area contributed by atoms with E-state index in [1.54, 1.807) is 31.4 Å². The van der Waals surface area contributed by atoms with Crippen LogP contribution >= 0.6 is 11.8 Å². The molecule has 0 aliphatic rings. The molecule has 33 heavy (non-hydrogen) atoms. The Bertz CT molecular complexity index is 1100. The minimum atomic E-state index is -0.294. The third-order valence-corrected chi connectivity index (χ3v) is 6.25. The molecule has 0 aliphatic carbocycles. The summed E-state index contributed by atoms with van der Waals surface area (Å²) >= 11 is 1.47. The number of hydrogen-bond donors (Lipinski definition) is 2. The lowest BCUT2D eigenvalue weighted by molar-refractivity contribution is -0.115. The van der Waals surface area contributed by atoms with Crippen LogP contribution in [0.1, 0.15) is 43.6 Å². The fourth-order valence-electron chi connectivity index (χ4n) is 3.16. The number of carbonyl (C=O) groups excluding carboxylic acids is 2. The van der Waals surface area contributed by atoms with E-state index in [1.165, 1.54) is 17.3 Å². The maximum absolute atomic E-state index is 12.7. The van der Waals surface area contributed by atoms with Crippen LogP contribution in [-0.2, 0) is 10.2 Å². The maximum Gasteiger partial charge on any atom is 0.255 e. The molecule has 0 bridgehead atoms. The van der Waals surface area contributed by atoms with Gasteiger partial charge in [0.15, 0.2) is 0 Å². The van der Waals surface area contributed by atoms with Gasteiger partial charge in [-0.05, 0) is 72.5 Å². The molecular formula is C27H30N2O3S. The number of hydrogen-bond acceptors (Lipinski definition) is 4. The zero-order chi connectivity index (χ0) is 24.0. The molecule has 0 heterocycles. The van der Waals surface area contributed by atoms with Gasteiger partial charge in [0.25, 0.3) is 5.91 Å². The van der Waals surface area contributed by atoms with Crippen molar-refractivity contribution in [3.63, 3.8) is 0 Å². The zero-order valence-electron chi connectivity index (χ0n) is 19.6. The molecule has 3 rings (SSSR count). The summed E-state index contributed by atoms with van der Waals surface area (Å²) in [4.78, 5) is 26.3. The van der Waals surface area contributed by atoms with E-state index < -0.39 is 0 Å². The van der Waals surface area contributed by atoms with Crippen molar-refractivity contribution in [2.45, 2.75) is 43.3 Å². The van der Waals surface area contributed by atoms with E-state index in [4.69, 9.17) is 4.74 Å². The van der Waals surface area contributed by atoms with E-state index in [1.807, 2.05) is 55.5 Å². The number of thioether (sulfide) groups is 1. The molecule has 1 unspecified atom stereocenters. The Balaban J connectivity index is 1.60. The van der Waals surface area contributed by atoms with E-state index in [0.29, 0.717) is 16.9 Å². The normalized spacial score (nSPS) is 12.0. The predicted molar refractivity (Wildman–Crippen MR) is 136 cm³/mol. The average Bonchev–Trinajstić information content (AvgIpc) is 2.79. The highest BCUT2D eigenvalue weighted by Crippen LogP contribution is 2.27. The Morgan fingerprint density at radius 3 is 2.06 bits per heavy atom. The maximum atomic E-state index is 12.7. The van der Waals surface area contributed by atoms with Crippen molar-refractivity contribution in [2.75, 3.05) is 17.7 Å². The van der Waals surface area contributed by atoms with Crippen LogP contribution in [0.3, 0.4) is 0 Å². The van der Waals surface area contributed by atoms with Crippen LogP contribution < -0.4 is 15.4 Å². The van der Waals surface area contributed by atoms with Gasteiger partial charge in [0.2, 0.25) is 5.91 Å². The Labute approximate surface area is 199 Å². The molecule has 0 aromatic heterocycles. The van der Waals surface area contributed by atoms with E-state index in [0.717, 1.165) is 10.6 Å².